The molecule has 2 rings (SSSR count). The van der Waals surface area contributed by atoms with Crippen molar-refractivity contribution in [1.29, 1.82) is 0 Å². The maximum atomic E-state index is 12.3. The van der Waals surface area contributed by atoms with Crippen LogP contribution in [0.4, 0.5) is 0 Å². The number of carboxylic acid groups (broad SMARTS) is 1. The first-order valence-electron chi connectivity index (χ1n) is 7.15. The van der Waals surface area contributed by atoms with Gasteiger partial charge in [-0.3, -0.25) is 4.79 Å². The van der Waals surface area contributed by atoms with E-state index >= 15 is 0 Å². The highest BCUT2D eigenvalue weighted by atomic mass is 16.4. The molecule has 1 N–H and O–H groups in total. The molecule has 0 aromatic heterocycles. The molecule has 0 aromatic carbocycles. The van der Waals surface area contributed by atoms with E-state index in [-0.39, 0.29) is 11.9 Å². The highest BCUT2D eigenvalue weighted by molar-refractivity contribution is 5.85. The summed E-state index contributed by atoms with van der Waals surface area (Å²) in [6.07, 6.45) is 5.32. The lowest BCUT2D eigenvalue weighted by molar-refractivity contribution is -0.313. The van der Waals surface area contributed by atoms with Crippen LogP contribution in [0.15, 0.2) is 11.1 Å². The van der Waals surface area contributed by atoms with Crippen molar-refractivity contribution in [3.63, 3.8) is 0 Å². The fourth-order valence-electron chi connectivity index (χ4n) is 3.19. The van der Waals surface area contributed by atoms with Crippen molar-refractivity contribution in [2.24, 2.45) is 11.8 Å². The van der Waals surface area contributed by atoms with Crippen LogP contribution >= 0.6 is 0 Å². The van der Waals surface area contributed by atoms with Gasteiger partial charge >= 0.3 is 0 Å². The molecule has 1 fully saturated rings. The molecule has 19 heavy (non-hydrogen) atoms. The number of aliphatic carboxylic acids is 1. The van der Waals surface area contributed by atoms with Gasteiger partial charge < -0.3 is 15.2 Å². The van der Waals surface area contributed by atoms with Gasteiger partial charge in [0, 0.05) is 23.8 Å². The molecule has 4 heteroatoms. The Hall–Kier alpha value is -1.32. The minimum Gasteiger partial charge on any atom is -0.550 e. The molecule has 0 heterocycles. The number of allylic oxidation sites excluding steroid dienone is 2. The van der Waals surface area contributed by atoms with Gasteiger partial charge in [0.15, 0.2) is 0 Å². The summed E-state index contributed by atoms with van der Waals surface area (Å²) in [6.45, 7) is 3.92. The fraction of sp³-hybridized carbons (Fsp3) is 0.733. The summed E-state index contributed by atoms with van der Waals surface area (Å²) in [6, 6.07) is 0.238. The Labute approximate surface area is 114 Å². The van der Waals surface area contributed by atoms with Gasteiger partial charge in [-0.25, -0.2) is 0 Å². The first-order chi connectivity index (χ1) is 8.99. The zero-order chi connectivity index (χ0) is 14.0. The van der Waals surface area contributed by atoms with Gasteiger partial charge in [-0.1, -0.05) is 24.0 Å². The number of rotatable bonds is 3. The van der Waals surface area contributed by atoms with E-state index in [4.69, 9.17) is 0 Å². The van der Waals surface area contributed by atoms with Gasteiger partial charge in [0.25, 0.3) is 0 Å². The molecule has 0 bridgehead atoms. The lowest BCUT2D eigenvalue weighted by atomic mass is 9.76. The van der Waals surface area contributed by atoms with E-state index < -0.39 is 17.8 Å². The first kappa shape index (κ1) is 14.1. The Morgan fingerprint density at radius 1 is 1.05 bits per heavy atom. The van der Waals surface area contributed by atoms with Gasteiger partial charge in [0.1, 0.15) is 0 Å². The average molecular weight is 264 g/mol. The Morgan fingerprint density at radius 2 is 1.58 bits per heavy atom. The van der Waals surface area contributed by atoms with Crippen molar-refractivity contribution in [3.8, 4) is 0 Å². The van der Waals surface area contributed by atoms with Crippen LogP contribution in [0.5, 0.6) is 0 Å². The van der Waals surface area contributed by atoms with E-state index in [1.54, 1.807) is 0 Å². The summed E-state index contributed by atoms with van der Waals surface area (Å²) >= 11 is 0. The molecular formula is C15H22NO3-. The average Bonchev–Trinajstić information content (AvgIpc) is 2.84. The van der Waals surface area contributed by atoms with Crippen LogP contribution < -0.4 is 10.4 Å². The molecule has 0 aromatic rings. The summed E-state index contributed by atoms with van der Waals surface area (Å²) < 4.78 is 0. The van der Waals surface area contributed by atoms with Gasteiger partial charge in [0.05, 0.1) is 0 Å². The summed E-state index contributed by atoms with van der Waals surface area (Å²) in [4.78, 5) is 23.5. The van der Waals surface area contributed by atoms with E-state index in [2.05, 4.69) is 5.32 Å². The molecule has 2 atom stereocenters. The van der Waals surface area contributed by atoms with Gasteiger partial charge in [-0.2, -0.15) is 0 Å². The molecule has 0 aliphatic heterocycles. The minimum atomic E-state index is -1.10. The Kier molecular flexibility index (Phi) is 4.27. The van der Waals surface area contributed by atoms with Gasteiger partial charge in [0.2, 0.25) is 5.91 Å². The standard InChI is InChI=1S/C15H23NO3/c1-9-7-12(13(15(18)19)8-10(9)2)14(17)16-11-5-3-4-6-11/h11-13H,3-8H2,1-2H3,(H,16,17)(H,18,19)/p-1/t12-,13-/m0/s1. The molecule has 0 radical (unpaired) electrons. The molecule has 4 nitrogen and oxygen atoms in total. The number of carbonyl (C=O) groups excluding carboxylic acids is 2. The van der Waals surface area contributed by atoms with E-state index in [1.807, 2.05) is 13.8 Å². The maximum Gasteiger partial charge on any atom is 0.224 e. The molecule has 1 amide bonds. The zero-order valence-corrected chi connectivity index (χ0v) is 11.7. The third-order valence-electron chi connectivity index (χ3n) is 4.61. The van der Waals surface area contributed by atoms with Crippen LogP contribution in [-0.2, 0) is 9.59 Å². The molecular weight excluding hydrogens is 242 g/mol. The van der Waals surface area contributed by atoms with Crippen molar-refractivity contribution in [2.45, 2.75) is 58.4 Å². The topological polar surface area (TPSA) is 69.2 Å². The summed E-state index contributed by atoms with van der Waals surface area (Å²) in [7, 11) is 0. The summed E-state index contributed by atoms with van der Waals surface area (Å²) in [5, 5.41) is 14.3. The smallest absolute Gasteiger partial charge is 0.224 e. The Morgan fingerprint density at radius 3 is 2.11 bits per heavy atom. The Bertz CT molecular complexity index is 408. The van der Waals surface area contributed by atoms with Crippen LogP contribution in [0.25, 0.3) is 0 Å². The number of hydrogen-bond donors (Lipinski definition) is 1. The third kappa shape index (κ3) is 3.17. The van der Waals surface area contributed by atoms with Crippen molar-refractivity contribution in [1.82, 2.24) is 5.32 Å². The third-order valence-corrected chi connectivity index (χ3v) is 4.61. The number of amides is 1. The predicted octanol–water partition coefficient (Wildman–Crippen LogP) is 1.16. The largest absolute Gasteiger partial charge is 0.550 e. The predicted molar refractivity (Wildman–Crippen MR) is 70.0 cm³/mol. The van der Waals surface area contributed by atoms with E-state index in [0.717, 1.165) is 36.8 Å². The molecule has 0 spiro atoms. The second kappa shape index (κ2) is 5.76. The fourth-order valence-corrected chi connectivity index (χ4v) is 3.19. The molecule has 1 saturated carbocycles. The van der Waals surface area contributed by atoms with E-state index in [0.29, 0.717) is 12.8 Å². The van der Waals surface area contributed by atoms with Crippen molar-refractivity contribution >= 4 is 11.9 Å². The quantitative estimate of drug-likeness (QED) is 0.778. The van der Waals surface area contributed by atoms with E-state index in [9.17, 15) is 14.7 Å². The van der Waals surface area contributed by atoms with E-state index in [1.165, 1.54) is 0 Å². The second-order valence-electron chi connectivity index (χ2n) is 5.99. The number of hydrogen-bond acceptors (Lipinski definition) is 3. The normalized spacial score (nSPS) is 28.5. The summed E-state index contributed by atoms with van der Waals surface area (Å²) in [5.74, 6) is -2.34. The highest BCUT2D eigenvalue weighted by Gasteiger charge is 2.34. The molecule has 106 valence electrons. The van der Waals surface area contributed by atoms with Crippen LogP contribution in [0.1, 0.15) is 52.4 Å². The zero-order valence-electron chi connectivity index (χ0n) is 11.7. The maximum absolute atomic E-state index is 12.3. The van der Waals surface area contributed by atoms with Gasteiger partial charge in [-0.05, 0) is 39.5 Å². The highest BCUT2D eigenvalue weighted by Crippen LogP contribution is 2.34. The minimum absolute atomic E-state index is 0.104. The van der Waals surface area contributed by atoms with Crippen LogP contribution in [-0.4, -0.2) is 17.9 Å². The number of nitrogens with one attached hydrogen (secondary N) is 1. The lowest BCUT2D eigenvalue weighted by Crippen LogP contribution is -2.46. The van der Waals surface area contributed by atoms with Gasteiger partial charge in [-0.15, -0.1) is 0 Å². The second-order valence-corrected chi connectivity index (χ2v) is 5.99. The van der Waals surface area contributed by atoms with Crippen molar-refractivity contribution < 1.29 is 14.7 Å². The van der Waals surface area contributed by atoms with Crippen molar-refractivity contribution in [2.75, 3.05) is 0 Å². The van der Waals surface area contributed by atoms with Crippen molar-refractivity contribution in [3.05, 3.63) is 11.1 Å². The molecule has 0 saturated heterocycles. The summed E-state index contributed by atoms with van der Waals surface area (Å²) in [5.41, 5.74) is 2.23. The first-order valence-corrected chi connectivity index (χ1v) is 7.15. The number of carbonyl (C=O) groups is 2. The number of carboxylic acids is 1. The lowest BCUT2D eigenvalue weighted by Gasteiger charge is -2.33. The van der Waals surface area contributed by atoms with Crippen LogP contribution in [0, 0.1) is 11.8 Å². The molecule has 2 aliphatic carbocycles. The monoisotopic (exact) mass is 264 g/mol. The van der Waals surface area contributed by atoms with Crippen LogP contribution in [0.3, 0.4) is 0 Å². The molecule has 0 unspecified atom stereocenters. The SMILES string of the molecule is CC1=C(C)C[C@H](C(=O)NC2CCCC2)[C@@H](C(=O)[O-])C1. The van der Waals surface area contributed by atoms with Crippen LogP contribution in [0.2, 0.25) is 0 Å². The molecule has 2 aliphatic rings. The Balaban J connectivity index is 2.07.